The van der Waals surface area contributed by atoms with Crippen molar-refractivity contribution in [3.8, 4) is 17.2 Å². The van der Waals surface area contributed by atoms with Crippen LogP contribution in [0.1, 0.15) is 30.9 Å². The fourth-order valence-electron chi connectivity index (χ4n) is 4.64. The number of nitrogens with zero attached hydrogens (tertiary/aromatic N) is 3. The van der Waals surface area contributed by atoms with Crippen LogP contribution in [0.2, 0.25) is 0 Å². The SMILES string of the molecule is CCS(=O)(=O)N1CCC(N(C(=O)Nc2ccc(F)c(C(F)(F)F)c2)c2ccc(-c3cccc(C#N)c3)cc2)CC1. The summed E-state index contributed by atoms with van der Waals surface area (Å²) in [4.78, 5) is 14.9. The monoisotopic (exact) mass is 574 g/mol. The van der Waals surface area contributed by atoms with E-state index in [-0.39, 0.29) is 24.5 Å². The van der Waals surface area contributed by atoms with Crippen molar-refractivity contribution in [3.63, 3.8) is 0 Å². The molecule has 3 aromatic carbocycles. The second-order valence-electron chi connectivity index (χ2n) is 9.26. The van der Waals surface area contributed by atoms with Crippen molar-refractivity contribution in [2.75, 3.05) is 29.1 Å². The minimum atomic E-state index is -4.94. The lowest BCUT2D eigenvalue weighted by Crippen LogP contribution is -2.50. The van der Waals surface area contributed by atoms with E-state index in [9.17, 15) is 36.0 Å². The Bertz CT molecular complexity index is 1530. The average molecular weight is 575 g/mol. The molecule has 12 heteroatoms. The third-order valence-electron chi connectivity index (χ3n) is 6.76. The van der Waals surface area contributed by atoms with Crippen LogP contribution in [0.5, 0.6) is 0 Å². The first-order valence-electron chi connectivity index (χ1n) is 12.5. The highest BCUT2D eigenvalue weighted by Crippen LogP contribution is 2.34. The van der Waals surface area contributed by atoms with Crippen LogP contribution in [0.4, 0.5) is 33.7 Å². The Morgan fingerprint density at radius 1 is 1.05 bits per heavy atom. The van der Waals surface area contributed by atoms with E-state index in [0.29, 0.717) is 36.2 Å². The number of carbonyl (C=O) groups excluding carboxylic acids is 1. The molecule has 0 spiro atoms. The number of urea groups is 1. The summed E-state index contributed by atoms with van der Waals surface area (Å²) in [5.41, 5.74) is 0.740. The molecule has 0 unspecified atom stereocenters. The van der Waals surface area contributed by atoms with E-state index in [0.717, 1.165) is 17.2 Å². The molecule has 210 valence electrons. The van der Waals surface area contributed by atoms with Gasteiger partial charge < -0.3 is 5.32 Å². The maximum absolute atomic E-state index is 13.8. The number of benzene rings is 3. The van der Waals surface area contributed by atoms with Gasteiger partial charge in [0.25, 0.3) is 0 Å². The van der Waals surface area contributed by atoms with Gasteiger partial charge in [0.15, 0.2) is 0 Å². The van der Waals surface area contributed by atoms with Crippen molar-refractivity contribution in [2.24, 2.45) is 0 Å². The summed E-state index contributed by atoms with van der Waals surface area (Å²) in [6.07, 6.45) is -4.34. The molecule has 0 bridgehead atoms. The molecule has 0 atom stereocenters. The summed E-state index contributed by atoms with van der Waals surface area (Å²) in [5.74, 6) is -1.51. The van der Waals surface area contributed by atoms with Crippen LogP contribution in [0.25, 0.3) is 11.1 Å². The lowest BCUT2D eigenvalue weighted by molar-refractivity contribution is -0.139. The Balaban J connectivity index is 1.64. The van der Waals surface area contributed by atoms with Crippen LogP contribution in [-0.4, -0.2) is 43.6 Å². The van der Waals surface area contributed by atoms with Crippen molar-refractivity contribution < 1.29 is 30.8 Å². The number of hydrogen-bond acceptors (Lipinski definition) is 4. The molecule has 0 radical (unpaired) electrons. The first-order chi connectivity index (χ1) is 18.9. The van der Waals surface area contributed by atoms with Gasteiger partial charge in [-0.15, -0.1) is 0 Å². The lowest BCUT2D eigenvalue weighted by Gasteiger charge is -2.38. The number of rotatable bonds is 6. The van der Waals surface area contributed by atoms with Crippen LogP contribution in [0, 0.1) is 17.1 Å². The Morgan fingerprint density at radius 2 is 1.73 bits per heavy atom. The second kappa shape index (κ2) is 11.7. The van der Waals surface area contributed by atoms with Crippen LogP contribution >= 0.6 is 0 Å². The normalized spacial score (nSPS) is 14.9. The molecule has 4 rings (SSSR count). The number of nitriles is 1. The molecule has 2 amide bonds. The average Bonchev–Trinajstić information content (AvgIpc) is 2.94. The minimum absolute atomic E-state index is 0.0531. The van der Waals surface area contributed by atoms with E-state index in [4.69, 9.17) is 0 Å². The Kier molecular flexibility index (Phi) is 8.46. The number of halogens is 4. The molecule has 1 saturated heterocycles. The smallest absolute Gasteiger partial charge is 0.308 e. The molecule has 1 fully saturated rings. The lowest BCUT2D eigenvalue weighted by atomic mass is 10.0. The Hall–Kier alpha value is -3.95. The number of nitrogens with one attached hydrogen (secondary N) is 1. The predicted octanol–water partition coefficient (Wildman–Crippen LogP) is 6.24. The topological polar surface area (TPSA) is 93.5 Å². The predicted molar refractivity (Wildman–Crippen MR) is 144 cm³/mol. The van der Waals surface area contributed by atoms with E-state index >= 15 is 0 Å². The zero-order chi connectivity index (χ0) is 29.1. The molecule has 0 saturated carbocycles. The third-order valence-corrected chi connectivity index (χ3v) is 8.64. The summed E-state index contributed by atoms with van der Waals surface area (Å²) in [6.45, 7) is 1.91. The van der Waals surface area contributed by atoms with Gasteiger partial charge in [0, 0.05) is 30.5 Å². The van der Waals surface area contributed by atoms with E-state index in [1.165, 1.54) is 9.21 Å². The summed E-state index contributed by atoms with van der Waals surface area (Å²) < 4.78 is 79.5. The van der Waals surface area contributed by atoms with E-state index in [2.05, 4.69) is 11.4 Å². The quantitative estimate of drug-likeness (QED) is 0.353. The van der Waals surface area contributed by atoms with Gasteiger partial charge in [0.2, 0.25) is 10.0 Å². The van der Waals surface area contributed by atoms with Crippen LogP contribution in [0.3, 0.4) is 0 Å². The number of alkyl halides is 3. The Labute approximate surface area is 229 Å². The molecule has 1 N–H and O–H groups in total. The fraction of sp³-hybridized carbons (Fsp3) is 0.286. The van der Waals surface area contributed by atoms with Gasteiger partial charge in [0.05, 0.1) is 22.9 Å². The fourth-order valence-corrected chi connectivity index (χ4v) is 5.77. The third kappa shape index (κ3) is 6.43. The standard InChI is InChI=1S/C28H26F4N4O3S/c1-2-40(38,39)35-14-12-24(13-15-35)36(27(37)34-22-8-11-26(29)25(17-22)28(30,31)32)23-9-6-20(7-10-23)21-5-3-4-19(16-21)18-33/h3-11,16-17,24H,2,12-15H2,1H3,(H,34,37). The van der Waals surface area contributed by atoms with E-state index in [1.807, 2.05) is 6.07 Å². The zero-order valence-electron chi connectivity index (χ0n) is 21.5. The van der Waals surface area contributed by atoms with Gasteiger partial charge in [0.1, 0.15) is 5.82 Å². The van der Waals surface area contributed by atoms with Crippen molar-refractivity contribution >= 4 is 27.4 Å². The van der Waals surface area contributed by atoms with Crippen molar-refractivity contribution in [1.29, 1.82) is 5.26 Å². The molecule has 0 aliphatic carbocycles. The largest absolute Gasteiger partial charge is 0.419 e. The maximum atomic E-state index is 13.8. The summed E-state index contributed by atoms with van der Waals surface area (Å²) in [5, 5.41) is 11.6. The van der Waals surface area contributed by atoms with Crippen LogP contribution in [-0.2, 0) is 16.2 Å². The van der Waals surface area contributed by atoms with Gasteiger partial charge >= 0.3 is 12.2 Å². The second-order valence-corrected chi connectivity index (χ2v) is 11.5. The zero-order valence-corrected chi connectivity index (χ0v) is 22.3. The Morgan fingerprint density at radius 3 is 2.33 bits per heavy atom. The van der Waals surface area contributed by atoms with Gasteiger partial charge in [-0.05, 0) is 73.4 Å². The highest BCUT2D eigenvalue weighted by Gasteiger charge is 2.35. The van der Waals surface area contributed by atoms with Crippen molar-refractivity contribution in [2.45, 2.75) is 32.0 Å². The maximum Gasteiger partial charge on any atom is 0.419 e. The summed E-state index contributed by atoms with van der Waals surface area (Å²) >= 11 is 0. The van der Waals surface area contributed by atoms with Crippen molar-refractivity contribution in [1.82, 2.24) is 4.31 Å². The number of piperidine rings is 1. The van der Waals surface area contributed by atoms with Crippen molar-refractivity contribution in [3.05, 3.63) is 83.7 Å². The van der Waals surface area contributed by atoms with Crippen LogP contribution in [0.15, 0.2) is 66.7 Å². The van der Waals surface area contributed by atoms with E-state index in [1.54, 1.807) is 49.4 Å². The molecule has 1 heterocycles. The first kappa shape index (κ1) is 29.0. The molecular weight excluding hydrogens is 548 g/mol. The van der Waals surface area contributed by atoms with Gasteiger partial charge in [-0.1, -0.05) is 24.3 Å². The molecule has 1 aliphatic rings. The highest BCUT2D eigenvalue weighted by atomic mass is 32.2. The first-order valence-corrected chi connectivity index (χ1v) is 14.1. The highest BCUT2D eigenvalue weighted by molar-refractivity contribution is 7.89. The summed E-state index contributed by atoms with van der Waals surface area (Å²) in [6, 6.07) is 16.9. The van der Waals surface area contributed by atoms with Gasteiger partial charge in [-0.2, -0.15) is 18.4 Å². The molecule has 0 aromatic heterocycles. The number of sulfonamides is 1. The molecular formula is C28H26F4N4O3S. The molecule has 1 aliphatic heterocycles. The number of anilines is 2. The summed E-state index contributed by atoms with van der Waals surface area (Å²) in [7, 11) is -3.42. The molecule has 3 aromatic rings. The van der Waals surface area contributed by atoms with Gasteiger partial charge in [-0.25, -0.2) is 21.9 Å². The minimum Gasteiger partial charge on any atom is -0.308 e. The number of carbonyl (C=O) groups is 1. The molecule has 7 nitrogen and oxygen atoms in total. The number of hydrogen-bond donors (Lipinski definition) is 1. The van der Waals surface area contributed by atoms with E-state index < -0.39 is 39.7 Å². The molecule has 40 heavy (non-hydrogen) atoms. The van der Waals surface area contributed by atoms with Crippen LogP contribution < -0.4 is 10.2 Å². The van der Waals surface area contributed by atoms with Gasteiger partial charge in [-0.3, -0.25) is 4.90 Å². The number of amides is 2.